The second kappa shape index (κ2) is 7.22. The number of aromatic nitrogens is 4. The fraction of sp³-hybridized carbons (Fsp3) is 0.200. The summed E-state index contributed by atoms with van der Waals surface area (Å²) in [7, 11) is 0. The second-order valence-electron chi connectivity index (χ2n) is 6.30. The zero-order valence-corrected chi connectivity index (χ0v) is 15.4. The van der Waals surface area contributed by atoms with Crippen LogP contribution in [0.3, 0.4) is 0 Å². The molecule has 0 radical (unpaired) electrons. The van der Waals surface area contributed by atoms with Crippen molar-refractivity contribution < 1.29 is 13.7 Å². The molecule has 4 aromatic rings. The molecule has 28 heavy (non-hydrogen) atoms. The maximum absolute atomic E-state index is 14.2. The predicted octanol–water partition coefficient (Wildman–Crippen LogP) is 3.48. The SMILES string of the molecule is CCn1nccc1CNC(=O)c1cc(-c2ccccc2F)nc2onc(C)c12. The van der Waals surface area contributed by atoms with Gasteiger partial charge in [-0.3, -0.25) is 9.48 Å². The molecule has 8 heteroatoms. The molecule has 142 valence electrons. The first-order chi connectivity index (χ1) is 13.6. The fourth-order valence-electron chi connectivity index (χ4n) is 3.14. The van der Waals surface area contributed by atoms with Gasteiger partial charge in [0.2, 0.25) is 0 Å². The number of benzene rings is 1. The van der Waals surface area contributed by atoms with Gasteiger partial charge >= 0.3 is 0 Å². The smallest absolute Gasteiger partial charge is 0.259 e. The molecule has 0 aliphatic carbocycles. The maximum atomic E-state index is 14.2. The van der Waals surface area contributed by atoms with E-state index in [0.29, 0.717) is 35.4 Å². The van der Waals surface area contributed by atoms with Crippen LogP contribution < -0.4 is 5.32 Å². The van der Waals surface area contributed by atoms with Crippen molar-refractivity contribution in [3.63, 3.8) is 0 Å². The van der Waals surface area contributed by atoms with Gasteiger partial charge < -0.3 is 9.84 Å². The van der Waals surface area contributed by atoms with Gasteiger partial charge in [-0.1, -0.05) is 17.3 Å². The molecular weight excluding hydrogens is 361 g/mol. The monoisotopic (exact) mass is 379 g/mol. The van der Waals surface area contributed by atoms with Crippen LogP contribution in [0.2, 0.25) is 0 Å². The van der Waals surface area contributed by atoms with E-state index in [1.165, 1.54) is 6.07 Å². The summed E-state index contributed by atoms with van der Waals surface area (Å²) in [5, 5.41) is 11.5. The summed E-state index contributed by atoms with van der Waals surface area (Å²) in [5.41, 5.74) is 2.57. The van der Waals surface area contributed by atoms with Gasteiger partial charge in [0.15, 0.2) is 0 Å². The Balaban J connectivity index is 1.73. The normalized spacial score (nSPS) is 11.1. The van der Waals surface area contributed by atoms with Gasteiger partial charge in [0.05, 0.1) is 34.6 Å². The molecule has 1 amide bonds. The Morgan fingerprint density at radius 1 is 1.29 bits per heavy atom. The molecule has 0 saturated carbocycles. The van der Waals surface area contributed by atoms with Crippen LogP contribution in [0.25, 0.3) is 22.4 Å². The Morgan fingerprint density at radius 2 is 2.11 bits per heavy atom. The van der Waals surface area contributed by atoms with Gasteiger partial charge in [-0.05, 0) is 38.1 Å². The van der Waals surface area contributed by atoms with Crippen molar-refractivity contribution in [3.8, 4) is 11.3 Å². The zero-order valence-electron chi connectivity index (χ0n) is 15.4. The largest absolute Gasteiger partial charge is 0.346 e. The molecule has 0 unspecified atom stereocenters. The van der Waals surface area contributed by atoms with Crippen molar-refractivity contribution in [1.29, 1.82) is 0 Å². The summed E-state index contributed by atoms with van der Waals surface area (Å²) in [5.74, 6) is -0.746. The molecule has 0 fully saturated rings. The summed E-state index contributed by atoms with van der Waals surface area (Å²) < 4.78 is 21.3. The highest BCUT2D eigenvalue weighted by Crippen LogP contribution is 2.28. The lowest BCUT2D eigenvalue weighted by molar-refractivity contribution is 0.0951. The Hall–Kier alpha value is -3.55. The highest BCUT2D eigenvalue weighted by molar-refractivity contribution is 6.06. The molecule has 3 aromatic heterocycles. The number of carbonyl (C=O) groups excluding carboxylic acids is 1. The number of hydrogen-bond acceptors (Lipinski definition) is 5. The molecule has 3 heterocycles. The highest BCUT2D eigenvalue weighted by atomic mass is 19.1. The van der Waals surface area contributed by atoms with Crippen LogP contribution in [-0.4, -0.2) is 25.8 Å². The van der Waals surface area contributed by atoms with Crippen molar-refractivity contribution in [2.45, 2.75) is 26.9 Å². The number of carbonyl (C=O) groups is 1. The van der Waals surface area contributed by atoms with Gasteiger partial charge in [-0.2, -0.15) is 5.10 Å². The molecular formula is C20H18FN5O2. The van der Waals surface area contributed by atoms with E-state index in [2.05, 4.69) is 20.6 Å². The van der Waals surface area contributed by atoms with Crippen LogP contribution in [0.5, 0.6) is 0 Å². The van der Waals surface area contributed by atoms with Crippen molar-refractivity contribution in [1.82, 2.24) is 25.2 Å². The first-order valence-corrected chi connectivity index (χ1v) is 8.89. The number of nitrogens with one attached hydrogen (secondary N) is 1. The number of nitrogens with zero attached hydrogens (tertiary/aromatic N) is 4. The molecule has 0 aliphatic rings. The Bertz CT molecular complexity index is 1160. The molecule has 0 saturated heterocycles. The van der Waals surface area contributed by atoms with Crippen LogP contribution in [0.4, 0.5) is 4.39 Å². The summed E-state index contributed by atoms with van der Waals surface area (Å²) >= 11 is 0. The van der Waals surface area contributed by atoms with Crippen molar-refractivity contribution in [2.24, 2.45) is 0 Å². The van der Waals surface area contributed by atoms with E-state index >= 15 is 0 Å². The third-order valence-corrected chi connectivity index (χ3v) is 4.55. The van der Waals surface area contributed by atoms with Crippen molar-refractivity contribution in [2.75, 3.05) is 0 Å². The number of rotatable bonds is 5. The number of hydrogen-bond donors (Lipinski definition) is 1. The van der Waals surface area contributed by atoms with Crippen LogP contribution in [0, 0.1) is 12.7 Å². The molecule has 0 bridgehead atoms. The van der Waals surface area contributed by atoms with Crippen LogP contribution in [0.1, 0.15) is 28.7 Å². The van der Waals surface area contributed by atoms with Crippen LogP contribution in [-0.2, 0) is 13.1 Å². The minimum absolute atomic E-state index is 0.196. The minimum atomic E-state index is -0.427. The summed E-state index contributed by atoms with van der Waals surface area (Å²) in [6, 6.07) is 9.67. The maximum Gasteiger partial charge on any atom is 0.259 e. The van der Waals surface area contributed by atoms with E-state index in [-0.39, 0.29) is 17.2 Å². The Labute approximate surface area is 160 Å². The number of aryl methyl sites for hydroxylation is 2. The average Bonchev–Trinajstić information content (AvgIpc) is 3.32. The lowest BCUT2D eigenvalue weighted by Crippen LogP contribution is -2.25. The van der Waals surface area contributed by atoms with E-state index in [4.69, 9.17) is 4.52 Å². The first-order valence-electron chi connectivity index (χ1n) is 8.89. The van der Waals surface area contributed by atoms with Crippen LogP contribution in [0.15, 0.2) is 47.1 Å². The second-order valence-corrected chi connectivity index (χ2v) is 6.30. The topological polar surface area (TPSA) is 85.8 Å². The Kier molecular flexibility index (Phi) is 4.60. The lowest BCUT2D eigenvalue weighted by Gasteiger charge is -2.09. The molecule has 0 atom stereocenters. The van der Waals surface area contributed by atoms with E-state index in [1.807, 2.05) is 13.0 Å². The predicted molar refractivity (Wildman–Crippen MR) is 101 cm³/mol. The van der Waals surface area contributed by atoms with E-state index < -0.39 is 5.82 Å². The zero-order chi connectivity index (χ0) is 19.7. The number of pyridine rings is 1. The highest BCUT2D eigenvalue weighted by Gasteiger charge is 2.20. The standard InChI is InChI=1S/C20H18FN5O2/c1-3-26-13(8-9-23-26)11-22-19(27)15-10-17(14-6-4-5-7-16(14)21)24-20-18(15)12(2)25-28-20/h4-10H,3,11H2,1-2H3,(H,22,27). The average molecular weight is 379 g/mol. The van der Waals surface area contributed by atoms with Gasteiger partial charge in [-0.25, -0.2) is 9.37 Å². The molecule has 0 aliphatic heterocycles. The molecule has 0 spiro atoms. The van der Waals surface area contributed by atoms with Gasteiger partial charge in [0, 0.05) is 18.3 Å². The molecule has 1 aromatic carbocycles. The van der Waals surface area contributed by atoms with Crippen molar-refractivity contribution in [3.05, 3.63) is 65.4 Å². The summed E-state index contributed by atoms with van der Waals surface area (Å²) in [4.78, 5) is 17.3. The van der Waals surface area contributed by atoms with E-state index in [0.717, 1.165) is 5.69 Å². The van der Waals surface area contributed by atoms with Gasteiger partial charge in [0.25, 0.3) is 11.6 Å². The number of amides is 1. The molecule has 7 nitrogen and oxygen atoms in total. The van der Waals surface area contributed by atoms with E-state index in [9.17, 15) is 9.18 Å². The first kappa shape index (κ1) is 17.8. The lowest BCUT2D eigenvalue weighted by atomic mass is 10.0. The van der Waals surface area contributed by atoms with Gasteiger partial charge in [0.1, 0.15) is 5.82 Å². The minimum Gasteiger partial charge on any atom is -0.346 e. The van der Waals surface area contributed by atoms with Crippen molar-refractivity contribution >= 4 is 17.0 Å². The Morgan fingerprint density at radius 3 is 2.89 bits per heavy atom. The number of halogens is 1. The summed E-state index contributed by atoms with van der Waals surface area (Å²) in [6.45, 7) is 4.74. The van der Waals surface area contributed by atoms with Gasteiger partial charge in [-0.15, -0.1) is 0 Å². The summed E-state index contributed by atoms with van der Waals surface area (Å²) in [6.07, 6.45) is 1.69. The molecule has 1 N–H and O–H groups in total. The third-order valence-electron chi connectivity index (χ3n) is 4.55. The fourth-order valence-corrected chi connectivity index (χ4v) is 3.14. The quantitative estimate of drug-likeness (QED) is 0.574. The third kappa shape index (κ3) is 3.13. The van der Waals surface area contributed by atoms with E-state index in [1.54, 1.807) is 42.1 Å². The molecule has 4 rings (SSSR count). The van der Waals surface area contributed by atoms with Crippen LogP contribution >= 0.6 is 0 Å². The number of fused-ring (bicyclic) bond motifs is 1.